The molecule has 0 radical (unpaired) electrons. The van der Waals surface area contributed by atoms with Crippen LogP contribution in [-0.2, 0) is 27.9 Å². The third kappa shape index (κ3) is 27.2. The minimum Gasteiger partial charge on any atom is -0.457 e. The van der Waals surface area contributed by atoms with Gasteiger partial charge in [0.25, 0.3) is 0 Å². The van der Waals surface area contributed by atoms with Gasteiger partial charge in [0, 0.05) is 13.0 Å². The minimum absolute atomic E-state index is 0.0682. The number of phosphoric ester groups is 1. The normalized spacial score (nSPS) is 22.9. The van der Waals surface area contributed by atoms with Crippen molar-refractivity contribution in [3.05, 3.63) is 0 Å². The lowest BCUT2D eigenvalue weighted by Gasteiger charge is -2.41. The Kier molecular flexibility index (Phi) is 33.5. The van der Waals surface area contributed by atoms with Gasteiger partial charge in [-0.15, -0.1) is 0 Å². The van der Waals surface area contributed by atoms with Crippen LogP contribution in [0.5, 0.6) is 0 Å². The molecule has 1 rings (SSSR count). The molecule has 0 aromatic heterocycles. The van der Waals surface area contributed by atoms with Crippen molar-refractivity contribution in [3.63, 3.8) is 0 Å². The van der Waals surface area contributed by atoms with Crippen molar-refractivity contribution in [2.24, 2.45) is 0 Å². The quantitative estimate of drug-likeness (QED) is 0.0196. The Morgan fingerprint density at radius 1 is 0.500 bits per heavy atom. The molecule has 0 amide bonds. The van der Waals surface area contributed by atoms with Gasteiger partial charge in [-0.2, -0.15) is 0 Å². The standard InChI is InChI=1S/C43H85O12P/c1-3-5-7-9-11-13-15-16-17-18-19-20-21-23-25-27-29-31-33-52-34-36(54-37(44)32-30-28-26-24-22-14-12-10-8-6-4-2)35-53-56(50,51)55-43-41(48)39(46)38(45)40(47)42(43)49/h36,38-43,45-49H,3-35H2,1-2H3,(H,50,51). The van der Waals surface area contributed by atoms with Crippen LogP contribution < -0.4 is 0 Å². The number of phosphoric acid groups is 1. The lowest BCUT2D eigenvalue weighted by molar-refractivity contribution is -0.220. The first-order chi connectivity index (χ1) is 27.0. The summed E-state index contributed by atoms with van der Waals surface area (Å²) in [6, 6.07) is 0. The first-order valence-corrected chi connectivity index (χ1v) is 24.4. The van der Waals surface area contributed by atoms with Gasteiger partial charge in [-0.3, -0.25) is 13.8 Å². The zero-order chi connectivity index (χ0) is 41.3. The molecule has 6 N–H and O–H groups in total. The summed E-state index contributed by atoms with van der Waals surface area (Å²) in [5.74, 6) is -0.474. The highest BCUT2D eigenvalue weighted by atomic mass is 31.2. The highest BCUT2D eigenvalue weighted by Crippen LogP contribution is 2.47. The summed E-state index contributed by atoms with van der Waals surface area (Å²) in [5, 5.41) is 50.1. The van der Waals surface area contributed by atoms with Gasteiger partial charge in [0.15, 0.2) is 0 Å². The molecule has 0 aliphatic heterocycles. The number of aliphatic hydroxyl groups is 5. The SMILES string of the molecule is CCCCCCCCCCCCCCCCCCCCOCC(COP(=O)(O)OC1C(O)C(O)C(O)C(O)C1O)OC(=O)CCCCCCCCCCCCC. The number of esters is 1. The number of rotatable bonds is 39. The van der Waals surface area contributed by atoms with Crippen LogP contribution in [0.15, 0.2) is 0 Å². The predicted molar refractivity (Wildman–Crippen MR) is 221 cm³/mol. The van der Waals surface area contributed by atoms with Gasteiger partial charge in [-0.05, 0) is 12.8 Å². The molecule has 56 heavy (non-hydrogen) atoms. The number of carbonyl (C=O) groups excluding carboxylic acids is 1. The van der Waals surface area contributed by atoms with Gasteiger partial charge in [0.2, 0.25) is 0 Å². The van der Waals surface area contributed by atoms with Crippen molar-refractivity contribution in [2.45, 2.75) is 249 Å². The van der Waals surface area contributed by atoms with E-state index >= 15 is 0 Å². The predicted octanol–water partition coefficient (Wildman–Crippen LogP) is 8.98. The van der Waals surface area contributed by atoms with Crippen molar-refractivity contribution in [1.82, 2.24) is 0 Å². The van der Waals surface area contributed by atoms with Crippen LogP contribution in [-0.4, -0.2) is 98.9 Å². The van der Waals surface area contributed by atoms with Crippen molar-refractivity contribution in [1.29, 1.82) is 0 Å². The number of aliphatic hydroxyl groups excluding tert-OH is 5. The molecule has 6 unspecified atom stereocenters. The number of carbonyl (C=O) groups is 1. The maximum atomic E-state index is 12.8. The summed E-state index contributed by atoms with van der Waals surface area (Å²) in [6.45, 7) is 4.28. The summed E-state index contributed by atoms with van der Waals surface area (Å²) in [7, 11) is -5.00. The molecule has 0 heterocycles. The molecule has 0 saturated heterocycles. The first-order valence-electron chi connectivity index (χ1n) is 22.9. The summed E-state index contributed by atoms with van der Waals surface area (Å²) >= 11 is 0. The molecule has 1 aliphatic carbocycles. The molecule has 13 heteroatoms. The third-order valence-electron chi connectivity index (χ3n) is 11.0. The molecule has 334 valence electrons. The van der Waals surface area contributed by atoms with E-state index in [1.54, 1.807) is 0 Å². The maximum Gasteiger partial charge on any atom is 0.472 e. The molecular weight excluding hydrogens is 739 g/mol. The van der Waals surface area contributed by atoms with Crippen LogP contribution >= 0.6 is 7.82 Å². The Labute approximate surface area is 340 Å². The highest BCUT2D eigenvalue weighted by molar-refractivity contribution is 7.47. The van der Waals surface area contributed by atoms with E-state index in [4.69, 9.17) is 18.5 Å². The second kappa shape index (κ2) is 35.1. The second-order valence-corrected chi connectivity index (χ2v) is 17.7. The average Bonchev–Trinajstić information content (AvgIpc) is 3.18. The summed E-state index contributed by atoms with van der Waals surface area (Å²) in [4.78, 5) is 23.1. The number of hydrogen-bond donors (Lipinski definition) is 6. The zero-order valence-electron chi connectivity index (χ0n) is 35.5. The van der Waals surface area contributed by atoms with E-state index in [9.17, 15) is 39.8 Å². The van der Waals surface area contributed by atoms with Crippen molar-refractivity contribution in [3.8, 4) is 0 Å². The molecule has 0 aromatic carbocycles. The molecule has 1 aliphatic rings. The minimum atomic E-state index is -5.00. The van der Waals surface area contributed by atoms with Crippen LogP contribution in [0, 0.1) is 0 Å². The van der Waals surface area contributed by atoms with Gasteiger partial charge in [0.1, 0.15) is 42.7 Å². The monoisotopic (exact) mass is 825 g/mol. The molecule has 6 atom stereocenters. The van der Waals surface area contributed by atoms with Crippen LogP contribution in [0.25, 0.3) is 0 Å². The van der Waals surface area contributed by atoms with Gasteiger partial charge in [0.05, 0.1) is 13.2 Å². The molecule has 0 bridgehead atoms. The Bertz CT molecular complexity index is 942. The summed E-state index contributed by atoms with van der Waals surface area (Å²) in [5.41, 5.74) is 0. The smallest absolute Gasteiger partial charge is 0.457 e. The molecule has 0 aromatic rings. The van der Waals surface area contributed by atoms with Crippen LogP contribution in [0.3, 0.4) is 0 Å². The highest BCUT2D eigenvalue weighted by Gasteiger charge is 2.51. The lowest BCUT2D eigenvalue weighted by Crippen LogP contribution is -2.64. The number of hydrogen-bond acceptors (Lipinski definition) is 11. The van der Waals surface area contributed by atoms with Crippen molar-refractivity contribution in [2.75, 3.05) is 19.8 Å². The first kappa shape index (κ1) is 53.4. The van der Waals surface area contributed by atoms with Gasteiger partial charge in [-0.1, -0.05) is 187 Å². The maximum absolute atomic E-state index is 12.8. The van der Waals surface area contributed by atoms with E-state index in [1.165, 1.54) is 141 Å². The van der Waals surface area contributed by atoms with E-state index in [0.29, 0.717) is 13.0 Å². The molecular formula is C43H85O12P. The van der Waals surface area contributed by atoms with Crippen LogP contribution in [0.2, 0.25) is 0 Å². The molecule has 12 nitrogen and oxygen atoms in total. The molecule has 0 spiro atoms. The summed E-state index contributed by atoms with van der Waals surface area (Å²) in [6.07, 6.45) is 23.2. The Morgan fingerprint density at radius 3 is 1.23 bits per heavy atom. The van der Waals surface area contributed by atoms with Crippen LogP contribution in [0.1, 0.15) is 206 Å². The van der Waals surface area contributed by atoms with E-state index < -0.39 is 63.1 Å². The van der Waals surface area contributed by atoms with Gasteiger partial charge < -0.3 is 39.9 Å². The van der Waals surface area contributed by atoms with E-state index in [2.05, 4.69) is 13.8 Å². The molecule has 1 saturated carbocycles. The number of unbranched alkanes of at least 4 members (excludes halogenated alkanes) is 27. The lowest BCUT2D eigenvalue weighted by atomic mass is 9.85. The summed E-state index contributed by atoms with van der Waals surface area (Å²) < 4.78 is 34.1. The second-order valence-electron chi connectivity index (χ2n) is 16.3. The largest absolute Gasteiger partial charge is 0.472 e. The van der Waals surface area contributed by atoms with Gasteiger partial charge >= 0.3 is 13.8 Å². The van der Waals surface area contributed by atoms with E-state index in [1.807, 2.05) is 0 Å². The Balaban J connectivity index is 2.35. The van der Waals surface area contributed by atoms with E-state index in [-0.39, 0.29) is 13.0 Å². The third-order valence-corrected chi connectivity index (χ3v) is 12.0. The van der Waals surface area contributed by atoms with E-state index in [0.717, 1.165) is 38.5 Å². The van der Waals surface area contributed by atoms with Gasteiger partial charge in [-0.25, -0.2) is 4.57 Å². The number of ether oxygens (including phenoxy) is 2. The Morgan fingerprint density at radius 2 is 0.839 bits per heavy atom. The zero-order valence-corrected chi connectivity index (χ0v) is 36.4. The topological polar surface area (TPSA) is 192 Å². The fourth-order valence-electron chi connectivity index (χ4n) is 7.30. The Hall–Kier alpha value is -0.660. The van der Waals surface area contributed by atoms with Crippen molar-refractivity contribution < 1.29 is 58.3 Å². The van der Waals surface area contributed by atoms with Crippen molar-refractivity contribution >= 4 is 13.8 Å². The fraction of sp³-hybridized carbons (Fsp3) is 0.977. The molecule has 1 fully saturated rings. The van der Waals surface area contributed by atoms with Crippen LogP contribution in [0.4, 0.5) is 0 Å². The fourth-order valence-corrected chi connectivity index (χ4v) is 8.27. The average molecular weight is 825 g/mol.